The fourth-order valence-corrected chi connectivity index (χ4v) is 2.57. The normalized spacial score (nSPS) is 17.6. The van der Waals surface area contributed by atoms with Crippen molar-refractivity contribution in [1.29, 1.82) is 0 Å². The number of aryl methyl sites for hydroxylation is 1. The Hall–Kier alpha value is -1.92. The summed E-state index contributed by atoms with van der Waals surface area (Å²) < 4.78 is 0. The largest absolute Gasteiger partial charge is 0.480 e. The van der Waals surface area contributed by atoms with Crippen molar-refractivity contribution in [1.82, 2.24) is 20.5 Å². The Labute approximate surface area is 117 Å². The summed E-state index contributed by atoms with van der Waals surface area (Å²) in [5, 5.41) is 18.6. The minimum Gasteiger partial charge on any atom is -0.480 e. The van der Waals surface area contributed by atoms with Crippen LogP contribution in [0.3, 0.4) is 0 Å². The van der Waals surface area contributed by atoms with E-state index in [4.69, 9.17) is 0 Å². The summed E-state index contributed by atoms with van der Waals surface area (Å²) in [5.74, 6) is -0.840. The standard InChI is InChI=1S/C13H20N4O3/c1-2-6-9-14-10(17-16-9)11(18)15-13(12(19)20)7-4-3-5-8-13/h2-8H2,1H3,(H,15,18)(H,19,20)(H,14,16,17). The molecule has 0 saturated heterocycles. The number of carbonyl (C=O) groups excluding carboxylic acids is 1. The highest BCUT2D eigenvalue weighted by molar-refractivity contribution is 5.95. The van der Waals surface area contributed by atoms with Gasteiger partial charge in [-0.15, -0.1) is 5.10 Å². The minimum atomic E-state index is -1.17. The van der Waals surface area contributed by atoms with Gasteiger partial charge in [0.15, 0.2) is 0 Å². The number of nitrogens with zero attached hydrogens (tertiary/aromatic N) is 2. The van der Waals surface area contributed by atoms with Crippen LogP contribution in [0.15, 0.2) is 0 Å². The van der Waals surface area contributed by atoms with Crippen molar-refractivity contribution in [2.24, 2.45) is 0 Å². The smallest absolute Gasteiger partial charge is 0.329 e. The van der Waals surface area contributed by atoms with Gasteiger partial charge >= 0.3 is 5.97 Å². The van der Waals surface area contributed by atoms with Gasteiger partial charge in [0.25, 0.3) is 5.91 Å². The maximum atomic E-state index is 12.1. The molecule has 1 aliphatic carbocycles. The number of aromatic amines is 1. The average molecular weight is 280 g/mol. The van der Waals surface area contributed by atoms with Gasteiger partial charge in [-0.25, -0.2) is 9.78 Å². The Morgan fingerprint density at radius 1 is 1.35 bits per heavy atom. The van der Waals surface area contributed by atoms with E-state index in [0.29, 0.717) is 25.1 Å². The lowest BCUT2D eigenvalue weighted by Gasteiger charge is -2.33. The molecule has 0 aliphatic heterocycles. The van der Waals surface area contributed by atoms with Gasteiger partial charge in [0, 0.05) is 6.42 Å². The molecule has 0 atom stereocenters. The molecule has 110 valence electrons. The molecule has 0 radical (unpaired) electrons. The lowest BCUT2D eigenvalue weighted by atomic mass is 9.81. The van der Waals surface area contributed by atoms with Gasteiger partial charge < -0.3 is 10.4 Å². The third kappa shape index (κ3) is 2.97. The van der Waals surface area contributed by atoms with Crippen LogP contribution in [0.2, 0.25) is 0 Å². The van der Waals surface area contributed by atoms with E-state index in [-0.39, 0.29) is 5.82 Å². The first-order chi connectivity index (χ1) is 9.57. The third-order valence-corrected chi connectivity index (χ3v) is 3.69. The first-order valence-electron chi connectivity index (χ1n) is 7.04. The maximum Gasteiger partial charge on any atom is 0.329 e. The van der Waals surface area contributed by atoms with Gasteiger partial charge in [-0.05, 0) is 19.3 Å². The van der Waals surface area contributed by atoms with Crippen molar-refractivity contribution in [2.75, 3.05) is 0 Å². The number of aromatic nitrogens is 3. The molecule has 7 heteroatoms. The zero-order valence-electron chi connectivity index (χ0n) is 11.6. The number of aliphatic carboxylic acids is 1. The molecule has 0 bridgehead atoms. The lowest BCUT2D eigenvalue weighted by molar-refractivity contribution is -0.145. The van der Waals surface area contributed by atoms with Crippen molar-refractivity contribution in [2.45, 2.75) is 57.4 Å². The molecular formula is C13H20N4O3. The molecule has 1 fully saturated rings. The second kappa shape index (κ2) is 6.02. The number of nitrogens with one attached hydrogen (secondary N) is 2. The van der Waals surface area contributed by atoms with E-state index in [0.717, 1.165) is 25.7 Å². The number of H-pyrrole nitrogens is 1. The zero-order valence-corrected chi connectivity index (χ0v) is 11.6. The summed E-state index contributed by atoms with van der Waals surface area (Å²) in [5.41, 5.74) is -1.17. The predicted octanol–water partition coefficient (Wildman–Crippen LogP) is 1.27. The monoisotopic (exact) mass is 280 g/mol. The number of hydrogen-bond acceptors (Lipinski definition) is 4. The van der Waals surface area contributed by atoms with Crippen LogP contribution in [0.25, 0.3) is 0 Å². The molecule has 3 N–H and O–H groups in total. The molecular weight excluding hydrogens is 260 g/mol. The summed E-state index contributed by atoms with van der Waals surface area (Å²) in [6.45, 7) is 2.00. The van der Waals surface area contributed by atoms with E-state index in [1.165, 1.54) is 0 Å². The van der Waals surface area contributed by atoms with E-state index >= 15 is 0 Å². The Morgan fingerprint density at radius 3 is 2.65 bits per heavy atom. The molecule has 1 saturated carbocycles. The van der Waals surface area contributed by atoms with Crippen LogP contribution in [0.5, 0.6) is 0 Å². The first kappa shape index (κ1) is 14.5. The molecule has 1 aliphatic rings. The molecule has 1 aromatic heterocycles. The number of rotatable bonds is 5. The summed E-state index contributed by atoms with van der Waals surface area (Å²) >= 11 is 0. The highest BCUT2D eigenvalue weighted by Crippen LogP contribution is 2.28. The molecule has 0 aromatic carbocycles. The van der Waals surface area contributed by atoms with Gasteiger partial charge in [-0.2, -0.15) is 0 Å². The Kier molecular flexibility index (Phi) is 4.36. The third-order valence-electron chi connectivity index (χ3n) is 3.69. The minimum absolute atomic E-state index is 0.0136. The molecule has 20 heavy (non-hydrogen) atoms. The Morgan fingerprint density at radius 2 is 2.05 bits per heavy atom. The second-order valence-electron chi connectivity index (χ2n) is 5.26. The van der Waals surface area contributed by atoms with Gasteiger partial charge in [0.2, 0.25) is 5.82 Å². The lowest BCUT2D eigenvalue weighted by Crippen LogP contribution is -2.55. The number of amides is 1. The average Bonchev–Trinajstić information content (AvgIpc) is 2.89. The van der Waals surface area contributed by atoms with Crippen LogP contribution < -0.4 is 5.32 Å². The Bertz CT molecular complexity index is 492. The van der Waals surface area contributed by atoms with E-state index in [9.17, 15) is 14.7 Å². The van der Waals surface area contributed by atoms with Crippen molar-refractivity contribution >= 4 is 11.9 Å². The van der Waals surface area contributed by atoms with Crippen molar-refractivity contribution in [3.63, 3.8) is 0 Å². The van der Waals surface area contributed by atoms with Crippen molar-refractivity contribution < 1.29 is 14.7 Å². The van der Waals surface area contributed by atoms with Gasteiger partial charge in [-0.1, -0.05) is 26.2 Å². The quantitative estimate of drug-likeness (QED) is 0.752. The molecule has 2 rings (SSSR count). The maximum absolute atomic E-state index is 12.1. The van der Waals surface area contributed by atoms with Gasteiger partial charge in [0.05, 0.1) is 0 Å². The summed E-state index contributed by atoms with van der Waals surface area (Å²) in [7, 11) is 0. The summed E-state index contributed by atoms with van der Waals surface area (Å²) in [6, 6.07) is 0. The highest BCUT2D eigenvalue weighted by Gasteiger charge is 2.41. The summed E-state index contributed by atoms with van der Waals surface area (Å²) in [4.78, 5) is 27.7. The van der Waals surface area contributed by atoms with Crippen LogP contribution >= 0.6 is 0 Å². The van der Waals surface area contributed by atoms with Crippen LogP contribution in [0.1, 0.15) is 61.9 Å². The van der Waals surface area contributed by atoms with Crippen molar-refractivity contribution in [3.8, 4) is 0 Å². The second-order valence-corrected chi connectivity index (χ2v) is 5.26. The zero-order chi connectivity index (χ0) is 14.6. The van der Waals surface area contributed by atoms with Gasteiger partial charge in [-0.3, -0.25) is 9.89 Å². The number of carboxylic acid groups (broad SMARTS) is 1. The molecule has 1 aromatic rings. The van der Waals surface area contributed by atoms with E-state index in [2.05, 4.69) is 20.5 Å². The molecule has 1 amide bonds. The van der Waals surface area contributed by atoms with Gasteiger partial charge in [0.1, 0.15) is 11.4 Å². The number of carboxylic acids is 1. The molecule has 7 nitrogen and oxygen atoms in total. The molecule has 0 spiro atoms. The van der Waals surface area contributed by atoms with Crippen LogP contribution in [-0.4, -0.2) is 37.7 Å². The van der Waals surface area contributed by atoms with Crippen LogP contribution in [-0.2, 0) is 11.2 Å². The molecule has 0 unspecified atom stereocenters. The number of hydrogen-bond donors (Lipinski definition) is 3. The predicted molar refractivity (Wildman–Crippen MR) is 71.3 cm³/mol. The van der Waals surface area contributed by atoms with Crippen molar-refractivity contribution in [3.05, 3.63) is 11.6 Å². The fraction of sp³-hybridized carbons (Fsp3) is 0.692. The van der Waals surface area contributed by atoms with Crippen LogP contribution in [0.4, 0.5) is 0 Å². The number of carbonyl (C=O) groups is 2. The Balaban J connectivity index is 2.09. The highest BCUT2D eigenvalue weighted by atomic mass is 16.4. The first-order valence-corrected chi connectivity index (χ1v) is 7.04. The van der Waals surface area contributed by atoms with E-state index < -0.39 is 17.4 Å². The fourth-order valence-electron chi connectivity index (χ4n) is 2.57. The summed E-state index contributed by atoms with van der Waals surface area (Å²) in [6.07, 6.45) is 5.15. The molecule has 1 heterocycles. The van der Waals surface area contributed by atoms with E-state index in [1.807, 2.05) is 6.92 Å². The topological polar surface area (TPSA) is 108 Å². The van der Waals surface area contributed by atoms with E-state index in [1.54, 1.807) is 0 Å². The van der Waals surface area contributed by atoms with Crippen LogP contribution in [0, 0.1) is 0 Å². The SMILES string of the molecule is CCCc1nc(C(=O)NC2(C(=O)O)CCCCC2)n[nH]1.